The maximum absolute atomic E-state index is 14.9. The summed E-state index contributed by atoms with van der Waals surface area (Å²) in [7, 11) is 0. The first-order valence-electron chi connectivity index (χ1n) is 11.1. The second-order valence-electron chi connectivity index (χ2n) is 8.36. The highest BCUT2D eigenvalue weighted by Crippen LogP contribution is 2.38. The Morgan fingerprint density at radius 1 is 0.812 bits per heavy atom. The minimum atomic E-state index is -0.492. The lowest BCUT2D eigenvalue weighted by Gasteiger charge is -2.27. The van der Waals surface area contributed by atoms with Gasteiger partial charge in [-0.05, 0) is 91.0 Å². The first-order valence-corrected chi connectivity index (χ1v) is 11.1. The molecule has 32 heavy (non-hydrogen) atoms. The van der Waals surface area contributed by atoms with Gasteiger partial charge in [0.15, 0.2) is 11.6 Å². The highest BCUT2D eigenvalue weighted by Gasteiger charge is 2.23. The quantitative estimate of drug-likeness (QED) is 0.353. The van der Waals surface area contributed by atoms with Gasteiger partial charge in [0.05, 0.1) is 6.61 Å². The van der Waals surface area contributed by atoms with Gasteiger partial charge in [-0.15, -0.1) is 6.58 Å². The standard InChI is InChI=1S/C28H27F3O/c1-3-18-5-7-19(8-6-18)23-13-10-22(17-26(23)30)24-12-9-20(15-25(24)29)21-11-14-28(32-4-2)27(31)16-21/h3,9-19H,1,4-8H2,2H3. The molecule has 4 rings (SSSR count). The number of hydrogen-bond donors (Lipinski definition) is 0. The van der Waals surface area contributed by atoms with Gasteiger partial charge in [-0.25, -0.2) is 13.2 Å². The molecule has 0 atom stereocenters. The van der Waals surface area contributed by atoms with Crippen molar-refractivity contribution < 1.29 is 17.9 Å². The fraction of sp³-hybridized carbons (Fsp3) is 0.286. The first-order chi connectivity index (χ1) is 15.5. The van der Waals surface area contributed by atoms with Crippen molar-refractivity contribution in [3.05, 3.63) is 90.3 Å². The minimum Gasteiger partial charge on any atom is -0.491 e. The van der Waals surface area contributed by atoms with Crippen LogP contribution in [0.1, 0.15) is 44.1 Å². The number of allylic oxidation sites excluding steroid dienone is 1. The molecule has 4 heteroatoms. The van der Waals surface area contributed by atoms with Gasteiger partial charge in [0.2, 0.25) is 0 Å². The molecule has 0 unspecified atom stereocenters. The highest BCUT2D eigenvalue weighted by atomic mass is 19.1. The minimum absolute atomic E-state index is 0.168. The summed E-state index contributed by atoms with van der Waals surface area (Å²) in [6.07, 6.45) is 5.92. The number of halogens is 3. The molecule has 0 bridgehead atoms. The molecule has 0 aliphatic heterocycles. The van der Waals surface area contributed by atoms with Crippen LogP contribution in [0.25, 0.3) is 22.3 Å². The van der Waals surface area contributed by atoms with Crippen molar-refractivity contribution in [2.45, 2.75) is 38.5 Å². The van der Waals surface area contributed by atoms with E-state index in [0.717, 1.165) is 25.7 Å². The van der Waals surface area contributed by atoms with E-state index in [4.69, 9.17) is 4.74 Å². The lowest BCUT2D eigenvalue weighted by Crippen LogP contribution is -2.12. The van der Waals surface area contributed by atoms with Crippen molar-refractivity contribution in [2.24, 2.45) is 5.92 Å². The van der Waals surface area contributed by atoms with Gasteiger partial charge in [0.25, 0.3) is 0 Å². The topological polar surface area (TPSA) is 9.23 Å². The van der Waals surface area contributed by atoms with Crippen LogP contribution in [-0.4, -0.2) is 6.61 Å². The normalized spacial score (nSPS) is 18.4. The first kappa shape index (κ1) is 22.2. The molecule has 0 N–H and O–H groups in total. The van der Waals surface area contributed by atoms with E-state index < -0.39 is 11.6 Å². The third-order valence-electron chi connectivity index (χ3n) is 6.39. The fourth-order valence-electron chi connectivity index (χ4n) is 4.57. The zero-order chi connectivity index (χ0) is 22.7. The number of ether oxygens (including phenoxy) is 1. The van der Waals surface area contributed by atoms with Crippen molar-refractivity contribution in [1.29, 1.82) is 0 Å². The van der Waals surface area contributed by atoms with Crippen LogP contribution >= 0.6 is 0 Å². The SMILES string of the molecule is C=CC1CCC(c2ccc(-c3ccc(-c4ccc(OCC)c(F)c4)cc3F)cc2F)CC1. The van der Waals surface area contributed by atoms with Crippen molar-refractivity contribution >= 4 is 0 Å². The number of benzene rings is 3. The van der Waals surface area contributed by atoms with Gasteiger partial charge in [0, 0.05) is 5.56 Å². The molecule has 3 aromatic carbocycles. The maximum atomic E-state index is 14.9. The van der Waals surface area contributed by atoms with Crippen LogP contribution < -0.4 is 4.74 Å². The van der Waals surface area contributed by atoms with Gasteiger partial charge in [-0.3, -0.25) is 0 Å². The zero-order valence-electron chi connectivity index (χ0n) is 18.2. The molecule has 0 aromatic heterocycles. The summed E-state index contributed by atoms with van der Waals surface area (Å²) >= 11 is 0. The Labute approximate surface area is 187 Å². The molecule has 1 aliphatic carbocycles. The molecule has 0 spiro atoms. The van der Waals surface area contributed by atoms with E-state index in [0.29, 0.717) is 40.3 Å². The van der Waals surface area contributed by atoms with Gasteiger partial charge in [0.1, 0.15) is 11.6 Å². The largest absolute Gasteiger partial charge is 0.491 e. The second-order valence-corrected chi connectivity index (χ2v) is 8.36. The smallest absolute Gasteiger partial charge is 0.165 e. The molecule has 166 valence electrons. The summed E-state index contributed by atoms with van der Waals surface area (Å²) in [4.78, 5) is 0. The average Bonchev–Trinajstić information content (AvgIpc) is 2.80. The van der Waals surface area contributed by atoms with Gasteiger partial charge < -0.3 is 4.74 Å². The fourth-order valence-corrected chi connectivity index (χ4v) is 4.57. The van der Waals surface area contributed by atoms with Crippen LogP contribution in [0.15, 0.2) is 67.3 Å². The molecule has 1 nitrogen and oxygen atoms in total. The third kappa shape index (κ3) is 4.59. The lowest BCUT2D eigenvalue weighted by molar-refractivity contribution is 0.321. The molecule has 1 fully saturated rings. The molecule has 0 radical (unpaired) electrons. The average molecular weight is 437 g/mol. The van der Waals surface area contributed by atoms with E-state index in [1.807, 2.05) is 6.08 Å². The molecular formula is C28H27F3O. The summed E-state index contributed by atoms with van der Waals surface area (Å²) < 4.78 is 49.3. The summed E-state index contributed by atoms with van der Waals surface area (Å²) in [6.45, 7) is 6.01. The Hall–Kier alpha value is -3.01. The molecule has 0 saturated heterocycles. The molecule has 1 saturated carbocycles. The van der Waals surface area contributed by atoms with Crippen LogP contribution in [0.2, 0.25) is 0 Å². The zero-order valence-corrected chi connectivity index (χ0v) is 18.2. The van der Waals surface area contributed by atoms with E-state index in [2.05, 4.69) is 6.58 Å². The van der Waals surface area contributed by atoms with E-state index in [-0.39, 0.29) is 17.5 Å². The van der Waals surface area contributed by atoms with E-state index in [1.54, 1.807) is 37.3 Å². The van der Waals surface area contributed by atoms with Crippen LogP contribution in [-0.2, 0) is 0 Å². The van der Waals surface area contributed by atoms with Crippen LogP contribution in [0.3, 0.4) is 0 Å². The predicted molar refractivity (Wildman–Crippen MR) is 123 cm³/mol. The van der Waals surface area contributed by atoms with E-state index in [9.17, 15) is 13.2 Å². The Morgan fingerprint density at radius 3 is 2.03 bits per heavy atom. The summed E-state index contributed by atoms with van der Waals surface area (Å²) in [5.41, 5.74) is 2.62. The van der Waals surface area contributed by atoms with Crippen molar-refractivity contribution in [3.63, 3.8) is 0 Å². The Kier molecular flexibility index (Phi) is 6.69. The van der Waals surface area contributed by atoms with Gasteiger partial charge >= 0.3 is 0 Å². The van der Waals surface area contributed by atoms with Crippen LogP contribution in [0.4, 0.5) is 13.2 Å². The molecule has 3 aromatic rings. The third-order valence-corrected chi connectivity index (χ3v) is 6.39. The summed E-state index contributed by atoms with van der Waals surface area (Å²) in [5, 5.41) is 0. The van der Waals surface area contributed by atoms with E-state index >= 15 is 0 Å². The molecule has 1 aliphatic rings. The van der Waals surface area contributed by atoms with Gasteiger partial charge in [-0.1, -0.05) is 36.4 Å². The van der Waals surface area contributed by atoms with Crippen molar-refractivity contribution in [3.8, 4) is 28.0 Å². The Bertz CT molecular complexity index is 1110. The lowest BCUT2D eigenvalue weighted by atomic mass is 9.78. The molecule has 0 heterocycles. The predicted octanol–water partition coefficient (Wildman–Crippen LogP) is 8.30. The number of hydrogen-bond acceptors (Lipinski definition) is 1. The van der Waals surface area contributed by atoms with Crippen molar-refractivity contribution in [2.75, 3.05) is 6.61 Å². The molecular weight excluding hydrogens is 409 g/mol. The Morgan fingerprint density at radius 2 is 1.44 bits per heavy atom. The molecule has 0 amide bonds. The number of rotatable bonds is 6. The monoisotopic (exact) mass is 436 g/mol. The van der Waals surface area contributed by atoms with Crippen molar-refractivity contribution in [1.82, 2.24) is 0 Å². The van der Waals surface area contributed by atoms with Gasteiger partial charge in [-0.2, -0.15) is 0 Å². The summed E-state index contributed by atoms with van der Waals surface area (Å²) in [6, 6.07) is 14.2. The van der Waals surface area contributed by atoms with Crippen LogP contribution in [0, 0.1) is 23.4 Å². The van der Waals surface area contributed by atoms with Crippen LogP contribution in [0.5, 0.6) is 5.75 Å². The highest BCUT2D eigenvalue weighted by molar-refractivity contribution is 5.71. The Balaban J connectivity index is 1.56. The maximum Gasteiger partial charge on any atom is 0.165 e. The van der Waals surface area contributed by atoms with E-state index in [1.165, 1.54) is 24.3 Å². The summed E-state index contributed by atoms with van der Waals surface area (Å²) in [5.74, 6) is -0.375. The second kappa shape index (κ2) is 9.64.